The molecule has 0 aliphatic carbocycles. The second kappa shape index (κ2) is 7.50. The van der Waals surface area contributed by atoms with Crippen molar-refractivity contribution < 1.29 is 9.90 Å². The van der Waals surface area contributed by atoms with Crippen LogP contribution in [0, 0.1) is 0 Å². The maximum absolute atomic E-state index is 11.6. The lowest BCUT2D eigenvalue weighted by Crippen LogP contribution is -2.27. The van der Waals surface area contributed by atoms with Crippen molar-refractivity contribution in [3.63, 3.8) is 0 Å². The van der Waals surface area contributed by atoms with Gasteiger partial charge in [-0.15, -0.1) is 0 Å². The van der Waals surface area contributed by atoms with Crippen LogP contribution in [0.1, 0.15) is 6.92 Å². The fourth-order valence-electron chi connectivity index (χ4n) is 2.89. The van der Waals surface area contributed by atoms with Gasteiger partial charge in [0.05, 0.1) is 7.05 Å². The number of carboxylic acid groups (broad SMARTS) is 1. The van der Waals surface area contributed by atoms with E-state index in [4.69, 9.17) is 4.74 Å². The Morgan fingerprint density at radius 3 is 1.36 bits per heavy atom. The van der Waals surface area contributed by atoms with Crippen LogP contribution in [0.5, 0.6) is 0 Å². The van der Waals surface area contributed by atoms with Gasteiger partial charge < -0.3 is 5.11 Å². The minimum Gasteiger partial charge on any atom is -0.480 e. The molecule has 0 radical (unpaired) electrons. The summed E-state index contributed by atoms with van der Waals surface area (Å²) in [6.45, 7) is 1.64. The molecular formula is C21H20NO2P. The van der Waals surface area contributed by atoms with E-state index in [9.17, 15) is 9.90 Å². The molecule has 4 heteroatoms. The molecule has 3 aromatic rings. The molecule has 0 heterocycles. The first-order valence-corrected chi connectivity index (χ1v) is 9.90. The van der Waals surface area contributed by atoms with Crippen molar-refractivity contribution in [3.05, 3.63) is 91.0 Å². The second-order valence-electron chi connectivity index (χ2n) is 5.77. The van der Waals surface area contributed by atoms with E-state index in [0.29, 0.717) is 0 Å². The van der Waals surface area contributed by atoms with Gasteiger partial charge in [0.2, 0.25) is 0 Å². The van der Waals surface area contributed by atoms with Crippen LogP contribution in [-0.4, -0.2) is 17.1 Å². The lowest BCUT2D eigenvalue weighted by atomic mass is 10.4. The molecule has 0 saturated carbocycles. The number of hydrogen-bond acceptors (Lipinski definition) is 2. The minimum absolute atomic E-state index is 0.797. The molecule has 1 N–H and O–H groups in total. The Labute approximate surface area is 148 Å². The molecule has 1 atom stereocenters. The molecular weight excluding hydrogens is 329 g/mol. The third-order valence-electron chi connectivity index (χ3n) is 4.09. The van der Waals surface area contributed by atoms with Crippen molar-refractivity contribution in [2.45, 2.75) is 13.0 Å². The highest BCUT2D eigenvalue weighted by Crippen LogP contribution is 2.47. The molecule has 0 saturated heterocycles. The Morgan fingerprint density at radius 1 is 0.760 bits per heavy atom. The molecule has 3 aromatic carbocycles. The maximum atomic E-state index is 11.6. The van der Waals surface area contributed by atoms with E-state index < -0.39 is 19.1 Å². The van der Waals surface area contributed by atoms with E-state index in [-0.39, 0.29) is 0 Å². The molecule has 126 valence electrons. The quantitative estimate of drug-likeness (QED) is 0.715. The zero-order chi connectivity index (χ0) is 17.7. The highest BCUT2D eigenvalue weighted by atomic mass is 31.2. The first-order chi connectivity index (χ1) is 12.1. The average molecular weight is 349 g/mol. The summed E-state index contributed by atoms with van der Waals surface area (Å²) in [5, 5.41) is 12.7. The molecule has 0 aliphatic heterocycles. The molecule has 0 aliphatic rings. The van der Waals surface area contributed by atoms with Gasteiger partial charge in [0, 0.05) is 15.9 Å². The Kier molecular flexibility index (Phi) is 5.16. The number of rotatable bonds is 5. The third kappa shape index (κ3) is 3.42. The Hall–Kier alpha value is -2.64. The van der Waals surface area contributed by atoms with Gasteiger partial charge >= 0.3 is 5.97 Å². The van der Waals surface area contributed by atoms with Crippen molar-refractivity contribution >= 4 is 28.9 Å². The number of carbonyl (C=O) groups is 1. The van der Waals surface area contributed by atoms with E-state index in [2.05, 4.69) is 0 Å². The summed E-state index contributed by atoms with van der Waals surface area (Å²) in [7, 11) is -2.42. The van der Waals surface area contributed by atoms with Crippen LogP contribution in [-0.2, 0) is 4.79 Å². The summed E-state index contributed by atoms with van der Waals surface area (Å²) in [6.07, 6.45) is 0. The predicted octanol–water partition coefficient (Wildman–Crippen LogP) is 3.64. The van der Waals surface area contributed by atoms with Crippen LogP contribution in [0.4, 0.5) is 0 Å². The van der Waals surface area contributed by atoms with Gasteiger partial charge in [0.15, 0.2) is 0 Å². The molecule has 0 fully saturated rings. The summed E-state index contributed by atoms with van der Waals surface area (Å²) in [5.74, 6) is -0.910. The van der Waals surface area contributed by atoms with Crippen LogP contribution in [0.25, 0.3) is 0 Å². The smallest absolute Gasteiger partial charge is 0.328 e. The van der Waals surface area contributed by atoms with Crippen molar-refractivity contribution in [1.82, 2.24) is 0 Å². The average Bonchev–Trinajstić information content (AvgIpc) is 2.68. The number of hydrogen-bond donors (Lipinski definition) is 1. The Balaban J connectivity index is 2.42. The maximum Gasteiger partial charge on any atom is 0.328 e. The molecule has 1 unspecified atom stereocenters. The zero-order valence-corrected chi connectivity index (χ0v) is 14.9. The van der Waals surface area contributed by atoms with Gasteiger partial charge in [-0.25, -0.2) is 4.79 Å². The molecule has 25 heavy (non-hydrogen) atoms. The van der Waals surface area contributed by atoms with Crippen molar-refractivity contribution in [2.24, 2.45) is 4.74 Å². The fraction of sp³-hybridized carbons (Fsp3) is 0.0952. The van der Waals surface area contributed by atoms with Crippen LogP contribution >= 0.6 is 7.05 Å². The van der Waals surface area contributed by atoms with Gasteiger partial charge in [-0.3, -0.25) is 4.74 Å². The molecule has 0 aromatic heterocycles. The van der Waals surface area contributed by atoms with E-state index in [1.54, 1.807) is 6.92 Å². The van der Waals surface area contributed by atoms with E-state index >= 15 is 0 Å². The molecule has 3 nitrogen and oxygen atoms in total. The summed E-state index contributed by atoms with van der Waals surface area (Å²) < 4.78 is 4.93. The molecule has 0 bridgehead atoms. The number of nitrogens with zero attached hydrogens (tertiary/aromatic N) is 1. The van der Waals surface area contributed by atoms with E-state index in [1.807, 2.05) is 91.0 Å². The van der Waals surface area contributed by atoms with Gasteiger partial charge in [-0.05, 0) is 6.92 Å². The van der Waals surface area contributed by atoms with Crippen molar-refractivity contribution in [1.29, 1.82) is 0 Å². The standard InChI is InChI=1S/C21H20NO2P/c1-17(21(23)24)22-25(18-11-5-2-6-12-18,19-13-7-3-8-14-19)20-15-9-4-10-16-20/h2-17H,1H3,(H,23,24). The largest absolute Gasteiger partial charge is 0.480 e. The number of benzene rings is 3. The molecule has 3 rings (SSSR count). The first kappa shape index (κ1) is 17.2. The summed E-state index contributed by atoms with van der Waals surface area (Å²) >= 11 is 0. The highest BCUT2D eigenvalue weighted by molar-refractivity contribution is 7.87. The minimum atomic E-state index is -2.42. The topological polar surface area (TPSA) is 49.7 Å². The summed E-state index contributed by atoms with van der Waals surface area (Å²) in [5.41, 5.74) is 0. The van der Waals surface area contributed by atoms with Crippen LogP contribution in [0.3, 0.4) is 0 Å². The lowest BCUT2D eigenvalue weighted by Gasteiger charge is -2.28. The van der Waals surface area contributed by atoms with Crippen LogP contribution < -0.4 is 15.9 Å². The third-order valence-corrected chi connectivity index (χ3v) is 7.92. The van der Waals surface area contributed by atoms with Crippen LogP contribution in [0.15, 0.2) is 95.7 Å². The van der Waals surface area contributed by atoms with Crippen molar-refractivity contribution in [2.75, 3.05) is 0 Å². The number of carboxylic acids is 1. The van der Waals surface area contributed by atoms with E-state index in [0.717, 1.165) is 15.9 Å². The molecule has 0 spiro atoms. The van der Waals surface area contributed by atoms with Gasteiger partial charge in [-0.1, -0.05) is 91.0 Å². The van der Waals surface area contributed by atoms with Gasteiger partial charge in [0.25, 0.3) is 0 Å². The van der Waals surface area contributed by atoms with Gasteiger partial charge in [-0.2, -0.15) is 0 Å². The monoisotopic (exact) mass is 349 g/mol. The summed E-state index contributed by atoms with van der Waals surface area (Å²) in [4.78, 5) is 11.6. The zero-order valence-electron chi connectivity index (χ0n) is 14.0. The Morgan fingerprint density at radius 2 is 1.08 bits per heavy atom. The first-order valence-electron chi connectivity index (χ1n) is 8.15. The van der Waals surface area contributed by atoms with Crippen LogP contribution in [0.2, 0.25) is 0 Å². The highest BCUT2D eigenvalue weighted by Gasteiger charge is 2.29. The summed E-state index contributed by atoms with van der Waals surface area (Å²) in [6, 6.07) is 29.3. The predicted molar refractivity (Wildman–Crippen MR) is 105 cm³/mol. The second-order valence-corrected chi connectivity index (χ2v) is 8.82. The fourth-order valence-corrected chi connectivity index (χ4v) is 6.61. The van der Waals surface area contributed by atoms with E-state index in [1.165, 1.54) is 0 Å². The lowest BCUT2D eigenvalue weighted by molar-refractivity contribution is -0.137. The van der Waals surface area contributed by atoms with Gasteiger partial charge in [0.1, 0.15) is 6.04 Å². The Bertz CT molecular complexity index is 790. The molecule has 0 amide bonds. The normalized spacial score (nSPS) is 12.4. The SMILES string of the molecule is CC(N=P(c1ccccc1)(c1ccccc1)c1ccccc1)C(=O)O. The van der Waals surface area contributed by atoms with Crippen molar-refractivity contribution in [3.8, 4) is 0 Å². The number of aliphatic carboxylic acids is 1.